The van der Waals surface area contributed by atoms with Gasteiger partial charge in [0.15, 0.2) is 5.11 Å². The van der Waals surface area contributed by atoms with Gasteiger partial charge >= 0.3 is 5.97 Å². The molecule has 1 saturated heterocycles. The molecule has 1 aliphatic heterocycles. The highest BCUT2D eigenvalue weighted by Gasteiger charge is 2.34. The van der Waals surface area contributed by atoms with E-state index in [4.69, 9.17) is 28.9 Å². The maximum absolute atomic E-state index is 13.1. The van der Waals surface area contributed by atoms with Gasteiger partial charge in [-0.25, -0.2) is 4.79 Å². The molecule has 31 heavy (non-hydrogen) atoms. The van der Waals surface area contributed by atoms with E-state index >= 15 is 0 Å². The number of carboxylic acids is 1. The summed E-state index contributed by atoms with van der Waals surface area (Å²) in [5, 5.41) is 12.0. The molecule has 0 bridgehead atoms. The Balaban J connectivity index is 1.72. The van der Waals surface area contributed by atoms with Gasteiger partial charge in [0.05, 0.1) is 11.3 Å². The van der Waals surface area contributed by atoms with Crippen molar-refractivity contribution in [3.05, 3.63) is 88.7 Å². The molecule has 9 heteroatoms. The molecule has 0 atom stereocenters. The van der Waals surface area contributed by atoms with Crippen molar-refractivity contribution < 1.29 is 19.5 Å². The molecule has 1 aromatic heterocycles. The van der Waals surface area contributed by atoms with E-state index < -0.39 is 17.8 Å². The number of anilines is 1. The molecular weight excluding hydrogens is 438 g/mol. The number of thiocarbonyl (C=S) groups is 1. The third kappa shape index (κ3) is 3.98. The van der Waals surface area contributed by atoms with Crippen molar-refractivity contribution in [2.75, 3.05) is 4.90 Å². The molecule has 2 heterocycles. The van der Waals surface area contributed by atoms with Crippen LogP contribution in [-0.4, -0.2) is 32.6 Å². The molecule has 2 aromatic carbocycles. The SMILES string of the molecule is O=C1NC(=S)N(c2cccc(Cl)c2)C(=O)C1=Cc1cccn1-c1ccc(C(=O)O)cc1. The van der Waals surface area contributed by atoms with E-state index in [1.165, 1.54) is 23.1 Å². The topological polar surface area (TPSA) is 91.6 Å². The molecule has 2 N–H and O–H groups in total. The summed E-state index contributed by atoms with van der Waals surface area (Å²) in [5.74, 6) is -2.21. The fourth-order valence-corrected chi connectivity index (χ4v) is 3.63. The summed E-state index contributed by atoms with van der Waals surface area (Å²) in [6.07, 6.45) is 3.20. The Morgan fingerprint density at radius 1 is 1.03 bits per heavy atom. The number of carboxylic acid groups (broad SMARTS) is 1. The minimum absolute atomic E-state index is 0.0333. The van der Waals surface area contributed by atoms with Crippen LogP contribution in [0.1, 0.15) is 16.1 Å². The monoisotopic (exact) mass is 451 g/mol. The molecule has 0 saturated carbocycles. The second-order valence-corrected chi connectivity index (χ2v) is 7.42. The van der Waals surface area contributed by atoms with E-state index in [2.05, 4.69) is 5.32 Å². The maximum atomic E-state index is 13.1. The van der Waals surface area contributed by atoms with Gasteiger partial charge < -0.3 is 9.67 Å². The van der Waals surface area contributed by atoms with Gasteiger partial charge in [-0.15, -0.1) is 0 Å². The quantitative estimate of drug-likeness (QED) is 0.359. The summed E-state index contributed by atoms with van der Waals surface area (Å²) in [4.78, 5) is 38.0. The minimum Gasteiger partial charge on any atom is -0.478 e. The lowest BCUT2D eigenvalue weighted by Crippen LogP contribution is -2.54. The van der Waals surface area contributed by atoms with Crippen molar-refractivity contribution >= 4 is 58.5 Å². The first-order valence-electron chi connectivity index (χ1n) is 9.03. The molecule has 3 aromatic rings. The average molecular weight is 452 g/mol. The summed E-state index contributed by atoms with van der Waals surface area (Å²) >= 11 is 11.2. The number of amides is 2. The lowest BCUT2D eigenvalue weighted by Gasteiger charge is -2.29. The summed E-state index contributed by atoms with van der Waals surface area (Å²) in [5.41, 5.74) is 1.72. The highest BCUT2D eigenvalue weighted by Crippen LogP contribution is 2.25. The highest BCUT2D eigenvalue weighted by molar-refractivity contribution is 7.80. The zero-order valence-electron chi connectivity index (χ0n) is 15.8. The van der Waals surface area contributed by atoms with Gasteiger partial charge in [-0.1, -0.05) is 17.7 Å². The molecule has 0 radical (unpaired) electrons. The standard InChI is InChI=1S/C22H14ClN3O4S/c23-14-3-1-4-17(11-14)26-20(28)18(19(27)24-22(26)31)12-16-5-2-10-25(16)15-8-6-13(7-9-15)21(29)30/h1-12H,(H,29,30)(H,24,27,31). The maximum Gasteiger partial charge on any atom is 0.335 e. The molecule has 2 amide bonds. The van der Waals surface area contributed by atoms with Crippen LogP contribution in [0, 0.1) is 0 Å². The number of carbonyl (C=O) groups is 3. The van der Waals surface area contributed by atoms with Crippen molar-refractivity contribution in [1.29, 1.82) is 0 Å². The first kappa shape index (κ1) is 20.5. The van der Waals surface area contributed by atoms with Crippen LogP contribution in [0.4, 0.5) is 5.69 Å². The summed E-state index contributed by atoms with van der Waals surface area (Å²) in [6.45, 7) is 0. The number of benzene rings is 2. The van der Waals surface area contributed by atoms with E-state index in [1.807, 2.05) is 0 Å². The zero-order chi connectivity index (χ0) is 22.1. The van der Waals surface area contributed by atoms with E-state index in [9.17, 15) is 14.4 Å². The molecule has 0 spiro atoms. The van der Waals surface area contributed by atoms with Gasteiger partial charge in [0, 0.05) is 22.6 Å². The number of carbonyl (C=O) groups excluding carboxylic acids is 2. The van der Waals surface area contributed by atoms with Gasteiger partial charge in [0.1, 0.15) is 5.57 Å². The Morgan fingerprint density at radius 2 is 1.77 bits per heavy atom. The fraction of sp³-hybridized carbons (Fsp3) is 0. The van der Waals surface area contributed by atoms with Crippen molar-refractivity contribution in [1.82, 2.24) is 9.88 Å². The molecule has 1 fully saturated rings. The van der Waals surface area contributed by atoms with E-state index in [0.717, 1.165) is 0 Å². The second-order valence-electron chi connectivity index (χ2n) is 6.59. The molecule has 4 rings (SSSR count). The largest absolute Gasteiger partial charge is 0.478 e. The molecule has 0 unspecified atom stereocenters. The predicted molar refractivity (Wildman–Crippen MR) is 120 cm³/mol. The van der Waals surface area contributed by atoms with Crippen LogP contribution in [0.5, 0.6) is 0 Å². The Hall–Kier alpha value is -3.75. The van der Waals surface area contributed by atoms with Crippen molar-refractivity contribution in [2.24, 2.45) is 0 Å². The molecule has 7 nitrogen and oxygen atoms in total. The molecule has 154 valence electrons. The minimum atomic E-state index is -1.03. The summed E-state index contributed by atoms with van der Waals surface area (Å²) in [7, 11) is 0. The third-order valence-corrected chi connectivity index (χ3v) is 5.15. The number of aromatic carboxylic acids is 1. The normalized spacial score (nSPS) is 15.3. The Morgan fingerprint density at radius 3 is 2.45 bits per heavy atom. The second kappa shape index (κ2) is 8.17. The van der Waals surface area contributed by atoms with Gasteiger partial charge in [-0.2, -0.15) is 0 Å². The number of nitrogens with one attached hydrogen (secondary N) is 1. The molecular formula is C22H14ClN3O4S. The van der Waals surface area contributed by atoms with Gasteiger partial charge in [-0.3, -0.25) is 19.8 Å². The number of aromatic nitrogens is 1. The van der Waals surface area contributed by atoms with E-state index in [1.54, 1.807) is 59.3 Å². The van der Waals surface area contributed by atoms with E-state index in [0.29, 0.717) is 22.1 Å². The Labute approximate surface area is 187 Å². The van der Waals surface area contributed by atoms with Crippen LogP contribution in [0.2, 0.25) is 5.02 Å². The number of nitrogens with zero attached hydrogens (tertiary/aromatic N) is 2. The third-order valence-electron chi connectivity index (χ3n) is 4.63. The summed E-state index contributed by atoms with van der Waals surface area (Å²) < 4.78 is 1.73. The zero-order valence-corrected chi connectivity index (χ0v) is 17.4. The van der Waals surface area contributed by atoms with Crippen LogP contribution in [0.3, 0.4) is 0 Å². The predicted octanol–water partition coefficient (Wildman–Crippen LogP) is 3.66. The van der Waals surface area contributed by atoms with Crippen molar-refractivity contribution in [3.8, 4) is 5.69 Å². The van der Waals surface area contributed by atoms with Gasteiger partial charge in [0.2, 0.25) is 0 Å². The highest BCUT2D eigenvalue weighted by atomic mass is 35.5. The Bertz CT molecular complexity index is 1260. The van der Waals surface area contributed by atoms with Gasteiger partial charge in [-0.05, 0) is 72.9 Å². The fourth-order valence-electron chi connectivity index (χ4n) is 3.17. The van der Waals surface area contributed by atoms with Gasteiger partial charge in [0.25, 0.3) is 11.8 Å². The first-order chi connectivity index (χ1) is 14.8. The first-order valence-corrected chi connectivity index (χ1v) is 9.82. The van der Waals surface area contributed by atoms with Crippen LogP contribution >= 0.6 is 23.8 Å². The lowest BCUT2D eigenvalue weighted by atomic mass is 10.1. The number of halogens is 1. The lowest BCUT2D eigenvalue weighted by molar-refractivity contribution is -0.122. The van der Waals surface area contributed by atoms with Crippen molar-refractivity contribution in [3.63, 3.8) is 0 Å². The number of hydrogen-bond donors (Lipinski definition) is 2. The van der Waals surface area contributed by atoms with Crippen molar-refractivity contribution in [2.45, 2.75) is 0 Å². The van der Waals surface area contributed by atoms with Crippen LogP contribution in [-0.2, 0) is 9.59 Å². The van der Waals surface area contributed by atoms with E-state index in [-0.39, 0.29) is 16.2 Å². The Kier molecular flexibility index (Phi) is 5.41. The van der Waals surface area contributed by atoms with Crippen LogP contribution in [0.15, 0.2) is 72.4 Å². The molecule has 1 aliphatic rings. The smallest absolute Gasteiger partial charge is 0.335 e. The van der Waals surface area contributed by atoms with Crippen LogP contribution < -0.4 is 10.2 Å². The summed E-state index contributed by atoms with van der Waals surface area (Å²) in [6, 6.07) is 16.3. The number of hydrogen-bond acceptors (Lipinski definition) is 4. The molecule has 0 aliphatic carbocycles. The average Bonchev–Trinajstić information content (AvgIpc) is 3.19. The number of rotatable bonds is 4. The van der Waals surface area contributed by atoms with Crippen LogP contribution in [0.25, 0.3) is 11.8 Å².